The summed E-state index contributed by atoms with van der Waals surface area (Å²) in [6, 6.07) is 3.93. The number of aryl methyl sites for hydroxylation is 1. The van der Waals surface area contributed by atoms with Gasteiger partial charge >= 0.3 is 5.97 Å². The number of nitrogens with two attached hydrogens (primary N) is 1. The lowest BCUT2D eigenvalue weighted by Crippen LogP contribution is -2.13. The van der Waals surface area contributed by atoms with Crippen molar-refractivity contribution in [3.05, 3.63) is 35.0 Å². The van der Waals surface area contributed by atoms with Crippen LogP contribution in [-0.4, -0.2) is 22.2 Å². The van der Waals surface area contributed by atoms with Crippen LogP contribution in [0, 0.1) is 0 Å². The number of hydrogen-bond acceptors (Lipinski definition) is 2. The van der Waals surface area contributed by atoms with E-state index in [0.29, 0.717) is 12.1 Å². The smallest absolute Gasteiger partial charge is 0.337 e. The lowest BCUT2D eigenvalue weighted by atomic mass is 9.85. The molecule has 0 spiro atoms. The molecular weight excluding hydrogens is 264 g/mol. The molecule has 0 radical (unpaired) electrons. The van der Waals surface area contributed by atoms with Crippen LogP contribution in [0.25, 0.3) is 10.9 Å². The van der Waals surface area contributed by atoms with E-state index in [4.69, 9.17) is 5.73 Å². The molecule has 0 saturated carbocycles. The average molecular weight is 288 g/mol. The third-order valence-electron chi connectivity index (χ3n) is 3.91. The summed E-state index contributed by atoms with van der Waals surface area (Å²) < 4.78 is 2.01. The van der Waals surface area contributed by atoms with Crippen molar-refractivity contribution in [1.29, 1.82) is 0 Å². The molecule has 4 heteroatoms. The third kappa shape index (κ3) is 2.81. The number of nitrogens with zero attached hydrogens (tertiary/aromatic N) is 1. The molecule has 0 aliphatic carbocycles. The Labute approximate surface area is 125 Å². The largest absolute Gasteiger partial charge is 0.478 e. The normalized spacial score (nSPS) is 12.0. The minimum absolute atomic E-state index is 0.0906. The Morgan fingerprint density at radius 3 is 2.48 bits per heavy atom. The van der Waals surface area contributed by atoms with E-state index in [9.17, 15) is 9.90 Å². The maximum Gasteiger partial charge on any atom is 0.337 e. The Balaban J connectivity index is 2.86. The fourth-order valence-corrected chi connectivity index (χ4v) is 2.71. The van der Waals surface area contributed by atoms with E-state index in [1.807, 2.05) is 23.8 Å². The van der Waals surface area contributed by atoms with Crippen LogP contribution in [0.5, 0.6) is 0 Å². The number of carboxylic acids is 1. The minimum Gasteiger partial charge on any atom is -0.478 e. The number of hydrogen-bond donors (Lipinski definition) is 2. The summed E-state index contributed by atoms with van der Waals surface area (Å²) >= 11 is 0. The van der Waals surface area contributed by atoms with Crippen molar-refractivity contribution in [2.45, 2.75) is 46.1 Å². The van der Waals surface area contributed by atoms with Gasteiger partial charge in [-0.05, 0) is 48.6 Å². The van der Waals surface area contributed by atoms with Gasteiger partial charge in [-0.1, -0.05) is 20.8 Å². The van der Waals surface area contributed by atoms with E-state index in [1.54, 1.807) is 0 Å². The van der Waals surface area contributed by atoms with Gasteiger partial charge in [-0.25, -0.2) is 4.79 Å². The molecule has 0 bridgehead atoms. The van der Waals surface area contributed by atoms with E-state index in [0.717, 1.165) is 35.0 Å². The van der Waals surface area contributed by atoms with Crippen molar-refractivity contribution >= 4 is 16.9 Å². The zero-order valence-corrected chi connectivity index (χ0v) is 13.2. The Morgan fingerprint density at radius 2 is 2.00 bits per heavy atom. The van der Waals surface area contributed by atoms with Gasteiger partial charge in [-0.2, -0.15) is 0 Å². The number of aromatic carboxylic acids is 1. The first kappa shape index (κ1) is 15.6. The van der Waals surface area contributed by atoms with Crippen LogP contribution in [0.3, 0.4) is 0 Å². The molecule has 4 nitrogen and oxygen atoms in total. The van der Waals surface area contributed by atoms with Gasteiger partial charge in [0.1, 0.15) is 0 Å². The van der Waals surface area contributed by atoms with Crippen LogP contribution in [0.2, 0.25) is 0 Å². The predicted octanol–water partition coefficient (Wildman–Crippen LogP) is 3.16. The van der Waals surface area contributed by atoms with Gasteiger partial charge in [0.2, 0.25) is 0 Å². The first-order chi connectivity index (χ1) is 9.79. The lowest BCUT2D eigenvalue weighted by Gasteiger charge is -2.20. The molecule has 1 aromatic heterocycles. The maximum absolute atomic E-state index is 11.7. The topological polar surface area (TPSA) is 68.2 Å². The Bertz CT molecular complexity index is 678. The maximum atomic E-state index is 11.7. The fraction of sp³-hybridized carbons (Fsp3) is 0.471. The zero-order chi connectivity index (χ0) is 15.8. The second-order valence-corrected chi connectivity index (χ2v) is 6.45. The average Bonchev–Trinajstić information content (AvgIpc) is 2.75. The SMILES string of the molecule is CCn1cc(CCN)c2cc(C(C)(C)C)cc(C(=O)O)c21. The predicted molar refractivity (Wildman–Crippen MR) is 86.0 cm³/mol. The van der Waals surface area contributed by atoms with Crippen LogP contribution in [-0.2, 0) is 18.4 Å². The highest BCUT2D eigenvalue weighted by Gasteiger charge is 2.22. The number of rotatable bonds is 4. The molecule has 0 saturated heterocycles. The van der Waals surface area contributed by atoms with Crippen LogP contribution < -0.4 is 5.73 Å². The van der Waals surface area contributed by atoms with Crippen LogP contribution in [0.1, 0.15) is 49.2 Å². The van der Waals surface area contributed by atoms with E-state index >= 15 is 0 Å². The Kier molecular flexibility index (Phi) is 4.10. The molecule has 114 valence electrons. The van der Waals surface area contributed by atoms with Crippen molar-refractivity contribution in [3.8, 4) is 0 Å². The first-order valence-electron chi connectivity index (χ1n) is 7.39. The van der Waals surface area contributed by atoms with E-state index in [1.165, 1.54) is 0 Å². The highest BCUT2D eigenvalue weighted by Crippen LogP contribution is 2.32. The molecular formula is C17H24N2O2. The Hall–Kier alpha value is -1.81. The molecule has 21 heavy (non-hydrogen) atoms. The second-order valence-electron chi connectivity index (χ2n) is 6.45. The van der Waals surface area contributed by atoms with Crippen LogP contribution in [0.4, 0.5) is 0 Å². The van der Waals surface area contributed by atoms with Crippen molar-refractivity contribution in [1.82, 2.24) is 4.57 Å². The summed E-state index contributed by atoms with van der Waals surface area (Å²) in [5.41, 5.74) is 8.96. The highest BCUT2D eigenvalue weighted by molar-refractivity contribution is 6.04. The third-order valence-corrected chi connectivity index (χ3v) is 3.91. The standard InChI is InChI=1S/C17H24N2O2/c1-5-19-10-11(6-7-18)13-8-12(17(2,3)4)9-14(15(13)19)16(20)21/h8-10H,5-7,18H2,1-4H3,(H,20,21). The molecule has 0 unspecified atom stereocenters. The summed E-state index contributed by atoms with van der Waals surface area (Å²) in [7, 11) is 0. The van der Waals surface area contributed by atoms with Gasteiger partial charge in [0.05, 0.1) is 11.1 Å². The molecule has 0 amide bonds. The lowest BCUT2D eigenvalue weighted by molar-refractivity contribution is 0.0698. The number of aromatic nitrogens is 1. The quantitative estimate of drug-likeness (QED) is 0.908. The molecule has 2 aromatic rings. The number of carbonyl (C=O) groups is 1. The summed E-state index contributed by atoms with van der Waals surface area (Å²) in [5, 5.41) is 10.6. The van der Waals surface area contributed by atoms with Gasteiger partial charge in [-0.15, -0.1) is 0 Å². The van der Waals surface area contributed by atoms with Crippen molar-refractivity contribution in [2.24, 2.45) is 5.73 Å². The molecule has 0 atom stereocenters. The van der Waals surface area contributed by atoms with Gasteiger partial charge in [0, 0.05) is 18.1 Å². The molecule has 0 fully saturated rings. The number of carboxylic acid groups (broad SMARTS) is 1. The number of fused-ring (bicyclic) bond motifs is 1. The van der Waals surface area contributed by atoms with E-state index < -0.39 is 5.97 Å². The Morgan fingerprint density at radius 1 is 1.33 bits per heavy atom. The molecule has 2 rings (SSSR count). The monoisotopic (exact) mass is 288 g/mol. The summed E-state index contributed by atoms with van der Waals surface area (Å²) in [4.78, 5) is 11.7. The van der Waals surface area contributed by atoms with Crippen molar-refractivity contribution in [2.75, 3.05) is 6.54 Å². The summed E-state index contributed by atoms with van der Waals surface area (Å²) in [6.45, 7) is 9.62. The zero-order valence-electron chi connectivity index (χ0n) is 13.2. The molecule has 0 aliphatic rings. The second kappa shape index (κ2) is 5.53. The molecule has 0 aliphatic heterocycles. The molecule has 1 aromatic carbocycles. The van der Waals surface area contributed by atoms with Gasteiger partial charge in [-0.3, -0.25) is 0 Å². The van der Waals surface area contributed by atoms with Gasteiger partial charge in [0.15, 0.2) is 0 Å². The summed E-state index contributed by atoms with van der Waals surface area (Å²) in [5.74, 6) is -0.877. The first-order valence-corrected chi connectivity index (χ1v) is 7.39. The van der Waals surface area contributed by atoms with Crippen LogP contribution in [0.15, 0.2) is 18.3 Å². The van der Waals surface area contributed by atoms with Gasteiger partial charge in [0.25, 0.3) is 0 Å². The van der Waals surface area contributed by atoms with Crippen molar-refractivity contribution in [3.63, 3.8) is 0 Å². The van der Waals surface area contributed by atoms with Crippen molar-refractivity contribution < 1.29 is 9.90 Å². The minimum atomic E-state index is -0.877. The fourth-order valence-electron chi connectivity index (χ4n) is 2.71. The van der Waals surface area contributed by atoms with Crippen LogP contribution >= 0.6 is 0 Å². The molecule has 1 heterocycles. The van der Waals surface area contributed by atoms with E-state index in [-0.39, 0.29) is 5.41 Å². The van der Waals surface area contributed by atoms with E-state index in [2.05, 4.69) is 26.8 Å². The molecule has 3 N–H and O–H groups in total. The number of benzene rings is 1. The summed E-state index contributed by atoms with van der Waals surface area (Å²) in [6.07, 6.45) is 2.80. The highest BCUT2D eigenvalue weighted by atomic mass is 16.4. The van der Waals surface area contributed by atoms with Gasteiger partial charge < -0.3 is 15.4 Å².